The molecule has 0 bridgehead atoms. The zero-order valence-electron chi connectivity index (χ0n) is 15.0. The number of rotatable bonds is 5. The van der Waals surface area contributed by atoms with Crippen molar-refractivity contribution >= 4 is 11.9 Å². The van der Waals surface area contributed by atoms with E-state index in [0.29, 0.717) is 49.3 Å². The highest BCUT2D eigenvalue weighted by atomic mass is 16.5. The number of nitrogens with one attached hydrogen (secondary N) is 2. The molecular formula is C18H28N4O3. The fourth-order valence-electron chi connectivity index (χ4n) is 3.60. The van der Waals surface area contributed by atoms with E-state index in [1.54, 1.807) is 0 Å². The van der Waals surface area contributed by atoms with Crippen LogP contribution < -0.4 is 15.8 Å². The lowest BCUT2D eigenvalue weighted by atomic mass is 9.95. The molecule has 1 amide bonds. The molecule has 0 spiro atoms. The lowest BCUT2D eigenvalue weighted by Crippen LogP contribution is -2.39. The Morgan fingerprint density at radius 1 is 1.28 bits per heavy atom. The molecule has 7 heteroatoms. The molecule has 0 atom stereocenters. The summed E-state index contributed by atoms with van der Waals surface area (Å²) in [5, 5.41) is 3.10. The van der Waals surface area contributed by atoms with Crippen molar-refractivity contribution in [2.75, 3.05) is 31.2 Å². The summed E-state index contributed by atoms with van der Waals surface area (Å²) < 4.78 is 5.33. The molecule has 2 aliphatic rings. The number of morpholine rings is 1. The highest BCUT2D eigenvalue weighted by molar-refractivity contribution is 5.76. The molecule has 0 radical (unpaired) electrons. The SMILES string of the molecule is Cc1nc(N2CCOCC2)[nH]c(=O)c1CCC(=O)NC1CCCCC1. The predicted molar refractivity (Wildman–Crippen MR) is 96.0 cm³/mol. The van der Waals surface area contributed by atoms with Gasteiger partial charge in [-0.25, -0.2) is 4.98 Å². The number of hydrogen-bond donors (Lipinski definition) is 2. The number of aromatic nitrogens is 2. The van der Waals surface area contributed by atoms with E-state index in [-0.39, 0.29) is 11.5 Å². The molecule has 1 saturated heterocycles. The molecule has 1 aliphatic heterocycles. The Hall–Kier alpha value is -1.89. The normalized spacial score (nSPS) is 19.0. The van der Waals surface area contributed by atoms with Crippen molar-refractivity contribution < 1.29 is 9.53 Å². The number of aromatic amines is 1. The maximum atomic E-state index is 12.4. The molecule has 2 heterocycles. The van der Waals surface area contributed by atoms with Crippen LogP contribution in [0.25, 0.3) is 0 Å². The van der Waals surface area contributed by atoms with Crippen molar-refractivity contribution in [3.05, 3.63) is 21.6 Å². The standard InChI is InChI=1S/C18H28N4O3/c1-13-15(7-8-16(23)20-14-5-3-2-4-6-14)17(24)21-18(19-13)22-9-11-25-12-10-22/h14H,2-12H2,1H3,(H,20,23)(H,19,21,24). The first kappa shape index (κ1) is 17.9. The predicted octanol–water partition coefficient (Wildman–Crippen LogP) is 1.30. The monoisotopic (exact) mass is 348 g/mol. The molecule has 2 N–H and O–H groups in total. The average Bonchev–Trinajstić information content (AvgIpc) is 2.62. The zero-order valence-corrected chi connectivity index (χ0v) is 15.0. The van der Waals surface area contributed by atoms with Crippen LogP contribution >= 0.6 is 0 Å². The number of carbonyl (C=O) groups excluding carboxylic acids is 1. The van der Waals surface area contributed by atoms with Crippen molar-refractivity contribution in [1.82, 2.24) is 15.3 Å². The number of ether oxygens (including phenoxy) is 1. The van der Waals surface area contributed by atoms with Crippen LogP contribution in [0.4, 0.5) is 5.95 Å². The van der Waals surface area contributed by atoms with Crippen molar-refractivity contribution in [2.45, 2.75) is 57.9 Å². The molecule has 1 saturated carbocycles. The first-order valence-electron chi connectivity index (χ1n) is 9.35. The summed E-state index contributed by atoms with van der Waals surface area (Å²) in [6.45, 7) is 4.59. The molecule has 7 nitrogen and oxygen atoms in total. The molecule has 1 aromatic heterocycles. The quantitative estimate of drug-likeness (QED) is 0.837. The Labute approximate surface area is 148 Å². The third kappa shape index (κ3) is 4.81. The van der Waals surface area contributed by atoms with Gasteiger partial charge in [-0.1, -0.05) is 19.3 Å². The Kier molecular flexibility index (Phi) is 6.07. The van der Waals surface area contributed by atoms with Crippen LogP contribution in [0, 0.1) is 6.92 Å². The molecule has 1 aromatic rings. The van der Waals surface area contributed by atoms with Crippen molar-refractivity contribution in [3.63, 3.8) is 0 Å². The van der Waals surface area contributed by atoms with Gasteiger partial charge in [-0.05, 0) is 26.2 Å². The third-order valence-corrected chi connectivity index (χ3v) is 5.09. The number of nitrogens with zero attached hydrogens (tertiary/aromatic N) is 2. The Bertz CT molecular complexity index is 646. The van der Waals surface area contributed by atoms with Crippen LogP contribution in [0.5, 0.6) is 0 Å². The largest absolute Gasteiger partial charge is 0.378 e. The second-order valence-electron chi connectivity index (χ2n) is 6.96. The van der Waals surface area contributed by atoms with E-state index in [2.05, 4.69) is 15.3 Å². The Morgan fingerprint density at radius 2 is 2.00 bits per heavy atom. The number of aryl methyl sites for hydroxylation is 1. The van der Waals surface area contributed by atoms with Gasteiger partial charge in [-0.15, -0.1) is 0 Å². The minimum absolute atomic E-state index is 0.0305. The summed E-state index contributed by atoms with van der Waals surface area (Å²) >= 11 is 0. The van der Waals surface area contributed by atoms with Gasteiger partial charge in [0, 0.05) is 36.8 Å². The van der Waals surface area contributed by atoms with E-state index in [9.17, 15) is 9.59 Å². The lowest BCUT2D eigenvalue weighted by Gasteiger charge is -2.27. The van der Waals surface area contributed by atoms with Crippen LogP contribution in [0.3, 0.4) is 0 Å². The molecule has 2 fully saturated rings. The van der Waals surface area contributed by atoms with Gasteiger partial charge >= 0.3 is 0 Å². The summed E-state index contributed by atoms with van der Waals surface area (Å²) in [4.78, 5) is 34.0. The Balaban J connectivity index is 1.58. The maximum absolute atomic E-state index is 12.4. The first-order valence-corrected chi connectivity index (χ1v) is 9.35. The number of hydrogen-bond acceptors (Lipinski definition) is 5. The molecule has 25 heavy (non-hydrogen) atoms. The number of anilines is 1. The fraction of sp³-hybridized carbons (Fsp3) is 0.722. The molecule has 3 rings (SSSR count). The molecular weight excluding hydrogens is 320 g/mol. The maximum Gasteiger partial charge on any atom is 0.255 e. The van der Waals surface area contributed by atoms with Crippen LogP contribution in [-0.4, -0.2) is 48.2 Å². The van der Waals surface area contributed by atoms with Gasteiger partial charge in [0.25, 0.3) is 5.56 Å². The summed E-state index contributed by atoms with van der Waals surface area (Å²) in [7, 11) is 0. The van der Waals surface area contributed by atoms with Crippen molar-refractivity contribution in [3.8, 4) is 0 Å². The van der Waals surface area contributed by atoms with E-state index in [4.69, 9.17) is 4.74 Å². The van der Waals surface area contributed by atoms with Gasteiger partial charge in [0.1, 0.15) is 0 Å². The van der Waals surface area contributed by atoms with Crippen molar-refractivity contribution in [1.29, 1.82) is 0 Å². The van der Waals surface area contributed by atoms with E-state index in [0.717, 1.165) is 25.9 Å². The summed E-state index contributed by atoms with van der Waals surface area (Å²) in [6, 6.07) is 0.308. The van der Waals surface area contributed by atoms with Crippen LogP contribution in [0.15, 0.2) is 4.79 Å². The van der Waals surface area contributed by atoms with E-state index in [1.165, 1.54) is 19.3 Å². The smallest absolute Gasteiger partial charge is 0.255 e. The molecule has 0 unspecified atom stereocenters. The second kappa shape index (κ2) is 8.47. The Morgan fingerprint density at radius 3 is 2.68 bits per heavy atom. The summed E-state index contributed by atoms with van der Waals surface area (Å²) in [5.41, 5.74) is 1.17. The number of amides is 1. The highest BCUT2D eigenvalue weighted by Gasteiger charge is 2.18. The van der Waals surface area contributed by atoms with Crippen LogP contribution in [-0.2, 0) is 16.0 Å². The molecule has 1 aliphatic carbocycles. The zero-order chi connectivity index (χ0) is 17.6. The second-order valence-corrected chi connectivity index (χ2v) is 6.96. The summed E-state index contributed by atoms with van der Waals surface area (Å²) in [5.74, 6) is 0.629. The number of carbonyl (C=O) groups is 1. The topological polar surface area (TPSA) is 87.3 Å². The van der Waals surface area contributed by atoms with Crippen LogP contribution in [0.1, 0.15) is 49.8 Å². The highest BCUT2D eigenvalue weighted by Crippen LogP contribution is 2.17. The first-order chi connectivity index (χ1) is 12.1. The molecule has 138 valence electrons. The minimum Gasteiger partial charge on any atom is -0.378 e. The van der Waals surface area contributed by atoms with Gasteiger partial charge < -0.3 is 15.0 Å². The van der Waals surface area contributed by atoms with E-state index < -0.39 is 0 Å². The van der Waals surface area contributed by atoms with Gasteiger partial charge in [-0.3, -0.25) is 14.6 Å². The number of H-pyrrole nitrogens is 1. The van der Waals surface area contributed by atoms with Gasteiger partial charge in [-0.2, -0.15) is 0 Å². The van der Waals surface area contributed by atoms with Gasteiger partial charge in [0.05, 0.1) is 13.2 Å². The van der Waals surface area contributed by atoms with E-state index >= 15 is 0 Å². The fourth-order valence-corrected chi connectivity index (χ4v) is 3.60. The minimum atomic E-state index is -0.139. The van der Waals surface area contributed by atoms with Gasteiger partial charge in [0.2, 0.25) is 11.9 Å². The summed E-state index contributed by atoms with van der Waals surface area (Å²) in [6.07, 6.45) is 6.55. The lowest BCUT2D eigenvalue weighted by molar-refractivity contribution is -0.121. The molecule has 0 aromatic carbocycles. The van der Waals surface area contributed by atoms with Gasteiger partial charge in [0.15, 0.2) is 0 Å². The van der Waals surface area contributed by atoms with E-state index in [1.807, 2.05) is 11.8 Å². The van der Waals surface area contributed by atoms with Crippen molar-refractivity contribution in [2.24, 2.45) is 0 Å². The average molecular weight is 348 g/mol. The van der Waals surface area contributed by atoms with Crippen LogP contribution in [0.2, 0.25) is 0 Å². The third-order valence-electron chi connectivity index (χ3n) is 5.09.